The molecule has 0 atom stereocenters. The van der Waals surface area contributed by atoms with Gasteiger partial charge in [-0.3, -0.25) is 0 Å². The maximum atomic E-state index is 5.64. The van der Waals surface area contributed by atoms with Crippen LogP contribution in [0.3, 0.4) is 0 Å². The molecule has 0 aliphatic rings. The van der Waals surface area contributed by atoms with Crippen LogP contribution in [-0.2, 0) is 6.54 Å². The Kier molecular flexibility index (Phi) is 5.35. The van der Waals surface area contributed by atoms with E-state index < -0.39 is 0 Å². The molecule has 5 N–H and O–H groups in total. The second-order valence-electron chi connectivity index (χ2n) is 5.13. The fourth-order valence-corrected chi connectivity index (χ4v) is 2.41. The third-order valence-electron chi connectivity index (χ3n) is 2.62. The molecule has 0 bridgehead atoms. The van der Waals surface area contributed by atoms with Crippen LogP contribution in [0.4, 0.5) is 11.6 Å². The molecule has 6 nitrogen and oxygen atoms in total. The van der Waals surface area contributed by atoms with Crippen molar-refractivity contribution in [1.82, 2.24) is 20.3 Å². The molecule has 0 spiro atoms. The Hall–Kier alpha value is -1.86. The summed E-state index contributed by atoms with van der Waals surface area (Å²) < 4.78 is 0. The zero-order valence-electron chi connectivity index (χ0n) is 12.2. The van der Waals surface area contributed by atoms with Crippen LogP contribution in [0, 0.1) is 5.92 Å². The summed E-state index contributed by atoms with van der Waals surface area (Å²) >= 11 is 1.34. The number of nitrogen functional groups attached to an aromatic ring is 2. The molecule has 0 fully saturated rings. The van der Waals surface area contributed by atoms with Crippen molar-refractivity contribution in [1.29, 1.82) is 0 Å². The highest BCUT2D eigenvalue weighted by molar-refractivity contribution is 7.99. The molecule has 2 heterocycles. The topological polar surface area (TPSA) is 103 Å². The monoisotopic (exact) mass is 304 g/mol. The van der Waals surface area contributed by atoms with Crippen molar-refractivity contribution in [3.63, 3.8) is 0 Å². The summed E-state index contributed by atoms with van der Waals surface area (Å²) in [7, 11) is 0. The Morgan fingerprint density at radius 3 is 2.48 bits per heavy atom. The van der Waals surface area contributed by atoms with Gasteiger partial charge in [0.15, 0.2) is 5.16 Å². The fraction of sp³-hybridized carbons (Fsp3) is 0.357. The van der Waals surface area contributed by atoms with Gasteiger partial charge in [0, 0.05) is 18.8 Å². The molecule has 0 amide bonds. The van der Waals surface area contributed by atoms with E-state index >= 15 is 0 Å². The van der Waals surface area contributed by atoms with E-state index in [0.29, 0.717) is 22.7 Å². The quantitative estimate of drug-likeness (QED) is 0.701. The lowest BCUT2D eigenvalue weighted by Crippen LogP contribution is -2.18. The van der Waals surface area contributed by atoms with Crippen LogP contribution in [-0.4, -0.2) is 21.5 Å². The summed E-state index contributed by atoms with van der Waals surface area (Å²) in [6.45, 7) is 6.18. The van der Waals surface area contributed by atoms with Crippen LogP contribution in [0.25, 0.3) is 0 Å². The van der Waals surface area contributed by atoms with Gasteiger partial charge in [-0.25, -0.2) is 15.0 Å². The maximum Gasteiger partial charge on any atom is 0.197 e. The molecule has 0 aliphatic carbocycles. The molecule has 0 unspecified atom stereocenters. The molecule has 0 saturated carbocycles. The highest BCUT2D eigenvalue weighted by atomic mass is 32.2. The fourth-order valence-electron chi connectivity index (χ4n) is 1.68. The first kappa shape index (κ1) is 15.5. The smallest absolute Gasteiger partial charge is 0.197 e. The van der Waals surface area contributed by atoms with Gasteiger partial charge in [0.25, 0.3) is 0 Å². The summed E-state index contributed by atoms with van der Waals surface area (Å²) in [6, 6.07) is 5.51. The average molecular weight is 304 g/mol. The number of nitrogens with zero attached hydrogens (tertiary/aromatic N) is 3. The number of hydrogen-bond acceptors (Lipinski definition) is 7. The largest absolute Gasteiger partial charge is 0.383 e. The number of nitrogens with one attached hydrogen (secondary N) is 1. The van der Waals surface area contributed by atoms with Crippen LogP contribution in [0.15, 0.2) is 34.6 Å². The Morgan fingerprint density at radius 1 is 1.19 bits per heavy atom. The first-order chi connectivity index (χ1) is 10.0. The Morgan fingerprint density at radius 2 is 1.90 bits per heavy atom. The van der Waals surface area contributed by atoms with Crippen LogP contribution < -0.4 is 16.8 Å². The van der Waals surface area contributed by atoms with E-state index in [1.165, 1.54) is 17.8 Å². The first-order valence-electron chi connectivity index (χ1n) is 6.76. The minimum Gasteiger partial charge on any atom is -0.383 e. The molecule has 0 aliphatic heterocycles. The number of pyridine rings is 1. The average Bonchev–Trinajstić information content (AvgIpc) is 2.39. The van der Waals surface area contributed by atoms with E-state index in [1.54, 1.807) is 0 Å². The van der Waals surface area contributed by atoms with Gasteiger partial charge in [0.1, 0.15) is 16.7 Å². The van der Waals surface area contributed by atoms with Crippen LogP contribution in [0.5, 0.6) is 0 Å². The third kappa shape index (κ3) is 5.20. The van der Waals surface area contributed by atoms with Crippen molar-refractivity contribution in [2.24, 2.45) is 5.92 Å². The van der Waals surface area contributed by atoms with E-state index in [2.05, 4.69) is 34.1 Å². The Bertz CT molecular complexity index is 564. The molecule has 2 rings (SSSR count). The number of rotatable bonds is 6. The van der Waals surface area contributed by atoms with Gasteiger partial charge in [0.05, 0.1) is 0 Å². The van der Waals surface area contributed by atoms with Gasteiger partial charge in [-0.2, -0.15) is 0 Å². The minimum atomic E-state index is 0.361. The van der Waals surface area contributed by atoms with Gasteiger partial charge in [-0.1, -0.05) is 19.9 Å². The molecule has 112 valence electrons. The normalized spacial score (nSPS) is 11.0. The highest BCUT2D eigenvalue weighted by Gasteiger charge is 2.05. The standard InChI is InChI=1S/C14H20N6S/c1-9(2)6-17-7-10-3-4-13(18-8-10)21-14-19-11(15)5-12(16)20-14/h3-5,8-9,17H,6-7H2,1-2H3,(H4,15,16,19,20). The van der Waals surface area contributed by atoms with E-state index in [1.807, 2.05) is 18.3 Å². The van der Waals surface area contributed by atoms with Crippen LogP contribution >= 0.6 is 11.8 Å². The predicted octanol–water partition coefficient (Wildman–Crippen LogP) is 1.93. The first-order valence-corrected chi connectivity index (χ1v) is 7.58. The Balaban J connectivity index is 1.95. The molecular weight excluding hydrogens is 284 g/mol. The summed E-state index contributed by atoms with van der Waals surface area (Å²) in [5.41, 5.74) is 12.4. The summed E-state index contributed by atoms with van der Waals surface area (Å²) in [6.07, 6.45) is 1.85. The predicted molar refractivity (Wildman–Crippen MR) is 85.8 cm³/mol. The van der Waals surface area contributed by atoms with Crippen molar-refractivity contribution < 1.29 is 0 Å². The van der Waals surface area contributed by atoms with E-state index in [4.69, 9.17) is 11.5 Å². The third-order valence-corrected chi connectivity index (χ3v) is 3.44. The molecule has 2 aromatic heterocycles. The summed E-state index contributed by atoms with van der Waals surface area (Å²) in [4.78, 5) is 12.6. The lowest BCUT2D eigenvalue weighted by Gasteiger charge is -2.07. The number of nitrogens with two attached hydrogens (primary N) is 2. The zero-order chi connectivity index (χ0) is 15.2. The molecule has 2 aromatic rings. The number of aromatic nitrogens is 3. The Labute approximate surface area is 128 Å². The summed E-state index contributed by atoms with van der Waals surface area (Å²) in [5.74, 6) is 1.36. The van der Waals surface area contributed by atoms with Crippen molar-refractivity contribution in [2.75, 3.05) is 18.0 Å². The summed E-state index contributed by atoms with van der Waals surface area (Å²) in [5, 5.41) is 4.70. The molecule has 0 radical (unpaired) electrons. The highest BCUT2D eigenvalue weighted by Crippen LogP contribution is 2.24. The second-order valence-corrected chi connectivity index (χ2v) is 6.12. The van der Waals surface area contributed by atoms with Crippen LogP contribution in [0.2, 0.25) is 0 Å². The zero-order valence-corrected chi connectivity index (χ0v) is 13.0. The van der Waals surface area contributed by atoms with Crippen molar-refractivity contribution in [3.8, 4) is 0 Å². The van der Waals surface area contributed by atoms with Gasteiger partial charge >= 0.3 is 0 Å². The molecular formula is C14H20N6S. The lowest BCUT2D eigenvalue weighted by molar-refractivity contribution is 0.551. The molecule has 21 heavy (non-hydrogen) atoms. The lowest BCUT2D eigenvalue weighted by atomic mass is 10.2. The molecule has 0 aromatic carbocycles. The van der Waals surface area contributed by atoms with Gasteiger partial charge in [-0.15, -0.1) is 0 Å². The van der Waals surface area contributed by atoms with Crippen molar-refractivity contribution in [3.05, 3.63) is 30.0 Å². The maximum absolute atomic E-state index is 5.64. The SMILES string of the molecule is CC(C)CNCc1ccc(Sc2nc(N)cc(N)n2)nc1. The van der Waals surface area contributed by atoms with Crippen molar-refractivity contribution in [2.45, 2.75) is 30.6 Å². The molecule has 7 heteroatoms. The van der Waals surface area contributed by atoms with Gasteiger partial charge in [0.2, 0.25) is 0 Å². The van der Waals surface area contributed by atoms with Crippen LogP contribution in [0.1, 0.15) is 19.4 Å². The van der Waals surface area contributed by atoms with Gasteiger partial charge in [-0.05, 0) is 35.9 Å². The van der Waals surface area contributed by atoms with E-state index in [0.717, 1.165) is 23.7 Å². The van der Waals surface area contributed by atoms with Gasteiger partial charge < -0.3 is 16.8 Å². The van der Waals surface area contributed by atoms with E-state index in [9.17, 15) is 0 Å². The number of anilines is 2. The number of hydrogen-bond donors (Lipinski definition) is 3. The minimum absolute atomic E-state index is 0.361. The van der Waals surface area contributed by atoms with Crippen molar-refractivity contribution >= 4 is 23.4 Å². The second kappa shape index (κ2) is 7.24. The molecule has 0 saturated heterocycles. The van der Waals surface area contributed by atoms with E-state index in [-0.39, 0.29) is 0 Å².